The van der Waals surface area contributed by atoms with Gasteiger partial charge in [0.05, 0.1) is 0 Å². The lowest BCUT2D eigenvalue weighted by atomic mass is 10.1. The van der Waals surface area contributed by atoms with Crippen LogP contribution in [-0.4, -0.2) is 18.6 Å². The predicted molar refractivity (Wildman–Crippen MR) is 75.4 cm³/mol. The van der Waals surface area contributed by atoms with Gasteiger partial charge in [0.15, 0.2) is 0 Å². The fraction of sp³-hybridized carbons (Fsp3) is 0.600. The van der Waals surface area contributed by atoms with Crippen molar-refractivity contribution in [3.63, 3.8) is 0 Å². The van der Waals surface area contributed by atoms with Crippen LogP contribution in [0.4, 0.5) is 0 Å². The minimum atomic E-state index is 0.498. The van der Waals surface area contributed by atoms with Gasteiger partial charge in [-0.1, -0.05) is 37.6 Å². The van der Waals surface area contributed by atoms with E-state index in [4.69, 9.17) is 0 Å². The van der Waals surface area contributed by atoms with Gasteiger partial charge in [-0.3, -0.25) is 0 Å². The van der Waals surface area contributed by atoms with E-state index in [1.54, 1.807) is 0 Å². The van der Waals surface area contributed by atoms with Crippen LogP contribution in [0.3, 0.4) is 0 Å². The van der Waals surface area contributed by atoms with E-state index in [2.05, 4.69) is 63.5 Å². The molecule has 0 radical (unpaired) electrons. The van der Waals surface area contributed by atoms with E-state index < -0.39 is 0 Å². The SMILES string of the molecule is Cc1ccc(C)c(CNC(C)CNC(C)C)c1. The Morgan fingerprint density at radius 1 is 1.06 bits per heavy atom. The molecule has 0 saturated heterocycles. The molecule has 0 saturated carbocycles. The first-order valence-corrected chi connectivity index (χ1v) is 6.52. The average Bonchev–Trinajstić information content (AvgIpc) is 2.27. The van der Waals surface area contributed by atoms with Gasteiger partial charge in [0, 0.05) is 25.2 Å². The number of hydrogen-bond acceptors (Lipinski definition) is 2. The minimum Gasteiger partial charge on any atom is -0.313 e. The van der Waals surface area contributed by atoms with Crippen molar-refractivity contribution in [1.82, 2.24) is 10.6 Å². The second-order valence-corrected chi connectivity index (χ2v) is 5.27. The molecule has 0 spiro atoms. The molecule has 0 aliphatic rings. The normalized spacial score (nSPS) is 13.1. The molecule has 2 heteroatoms. The lowest BCUT2D eigenvalue weighted by Crippen LogP contribution is -2.38. The quantitative estimate of drug-likeness (QED) is 0.791. The van der Waals surface area contributed by atoms with Crippen molar-refractivity contribution in [2.24, 2.45) is 0 Å². The summed E-state index contributed by atoms with van der Waals surface area (Å²) in [5.74, 6) is 0. The van der Waals surface area contributed by atoms with E-state index in [-0.39, 0.29) is 0 Å². The molecule has 1 aromatic rings. The van der Waals surface area contributed by atoms with Gasteiger partial charge in [0.1, 0.15) is 0 Å². The Labute approximate surface area is 106 Å². The summed E-state index contributed by atoms with van der Waals surface area (Å²) in [5.41, 5.74) is 4.11. The highest BCUT2D eigenvalue weighted by molar-refractivity contribution is 5.30. The Balaban J connectivity index is 2.41. The molecule has 0 aliphatic carbocycles. The highest BCUT2D eigenvalue weighted by atomic mass is 15.0. The van der Waals surface area contributed by atoms with Crippen molar-refractivity contribution in [2.45, 2.75) is 53.2 Å². The van der Waals surface area contributed by atoms with Crippen molar-refractivity contribution in [2.75, 3.05) is 6.54 Å². The fourth-order valence-corrected chi connectivity index (χ4v) is 1.76. The topological polar surface area (TPSA) is 24.1 Å². The van der Waals surface area contributed by atoms with E-state index >= 15 is 0 Å². The van der Waals surface area contributed by atoms with E-state index in [1.165, 1.54) is 16.7 Å². The molecular weight excluding hydrogens is 208 g/mol. The smallest absolute Gasteiger partial charge is 0.0211 e. The zero-order valence-electron chi connectivity index (χ0n) is 11.8. The maximum absolute atomic E-state index is 3.56. The van der Waals surface area contributed by atoms with Crippen LogP contribution in [-0.2, 0) is 6.54 Å². The Kier molecular flexibility index (Phi) is 5.66. The Bertz CT molecular complexity index is 345. The molecule has 0 fully saturated rings. The zero-order valence-corrected chi connectivity index (χ0v) is 11.8. The molecule has 1 unspecified atom stereocenters. The monoisotopic (exact) mass is 234 g/mol. The third-order valence-electron chi connectivity index (χ3n) is 2.98. The predicted octanol–water partition coefficient (Wildman–Crippen LogP) is 2.78. The highest BCUT2D eigenvalue weighted by Gasteiger charge is 2.04. The summed E-state index contributed by atoms with van der Waals surface area (Å²) in [6.07, 6.45) is 0. The van der Waals surface area contributed by atoms with Crippen molar-refractivity contribution >= 4 is 0 Å². The number of hydrogen-bond donors (Lipinski definition) is 2. The lowest BCUT2D eigenvalue weighted by Gasteiger charge is -2.17. The number of benzene rings is 1. The fourth-order valence-electron chi connectivity index (χ4n) is 1.76. The Hall–Kier alpha value is -0.860. The first-order chi connectivity index (χ1) is 7.99. The van der Waals surface area contributed by atoms with Gasteiger partial charge in [-0.25, -0.2) is 0 Å². The largest absolute Gasteiger partial charge is 0.313 e. The highest BCUT2D eigenvalue weighted by Crippen LogP contribution is 2.10. The molecule has 0 bridgehead atoms. The van der Waals surface area contributed by atoms with E-state index in [0.29, 0.717) is 12.1 Å². The number of aryl methyl sites for hydroxylation is 2. The summed E-state index contributed by atoms with van der Waals surface area (Å²) < 4.78 is 0. The van der Waals surface area contributed by atoms with Crippen LogP contribution in [0.15, 0.2) is 18.2 Å². The van der Waals surface area contributed by atoms with Crippen LogP contribution in [0, 0.1) is 13.8 Å². The van der Waals surface area contributed by atoms with Crippen molar-refractivity contribution in [3.8, 4) is 0 Å². The van der Waals surface area contributed by atoms with Gasteiger partial charge in [-0.05, 0) is 31.9 Å². The molecule has 2 N–H and O–H groups in total. The van der Waals surface area contributed by atoms with Gasteiger partial charge in [0.25, 0.3) is 0 Å². The Morgan fingerprint density at radius 2 is 1.76 bits per heavy atom. The second kappa shape index (κ2) is 6.77. The van der Waals surface area contributed by atoms with Crippen LogP contribution in [0.25, 0.3) is 0 Å². The molecule has 1 aromatic carbocycles. The first kappa shape index (κ1) is 14.2. The van der Waals surface area contributed by atoms with Crippen molar-refractivity contribution in [1.29, 1.82) is 0 Å². The van der Waals surface area contributed by atoms with Crippen molar-refractivity contribution in [3.05, 3.63) is 34.9 Å². The summed E-state index contributed by atoms with van der Waals surface area (Å²) >= 11 is 0. The maximum Gasteiger partial charge on any atom is 0.0211 e. The summed E-state index contributed by atoms with van der Waals surface area (Å²) in [6, 6.07) is 7.69. The number of nitrogens with one attached hydrogen (secondary N) is 2. The van der Waals surface area contributed by atoms with Gasteiger partial charge in [0.2, 0.25) is 0 Å². The summed E-state index contributed by atoms with van der Waals surface area (Å²) in [4.78, 5) is 0. The summed E-state index contributed by atoms with van der Waals surface area (Å²) in [6.45, 7) is 12.9. The van der Waals surface area contributed by atoms with Crippen LogP contribution in [0.5, 0.6) is 0 Å². The van der Waals surface area contributed by atoms with Gasteiger partial charge in [-0.2, -0.15) is 0 Å². The first-order valence-electron chi connectivity index (χ1n) is 6.52. The molecule has 0 aromatic heterocycles. The van der Waals surface area contributed by atoms with Crippen LogP contribution >= 0.6 is 0 Å². The molecule has 2 nitrogen and oxygen atoms in total. The standard InChI is InChI=1S/C15H26N2/c1-11(2)16-9-14(5)17-10-15-8-12(3)6-7-13(15)4/h6-8,11,14,16-17H,9-10H2,1-5H3. The van der Waals surface area contributed by atoms with Crippen molar-refractivity contribution < 1.29 is 0 Å². The molecule has 96 valence electrons. The average molecular weight is 234 g/mol. The van der Waals surface area contributed by atoms with E-state index in [0.717, 1.165) is 13.1 Å². The third kappa shape index (κ3) is 5.33. The van der Waals surface area contributed by atoms with Crippen LogP contribution < -0.4 is 10.6 Å². The summed E-state index contributed by atoms with van der Waals surface area (Å²) in [7, 11) is 0. The molecular formula is C15H26N2. The van der Waals surface area contributed by atoms with Gasteiger partial charge < -0.3 is 10.6 Å². The molecule has 1 rings (SSSR count). The van der Waals surface area contributed by atoms with Crippen LogP contribution in [0.1, 0.15) is 37.5 Å². The maximum atomic E-state index is 3.56. The third-order valence-corrected chi connectivity index (χ3v) is 2.98. The second-order valence-electron chi connectivity index (χ2n) is 5.27. The molecule has 0 aliphatic heterocycles. The van der Waals surface area contributed by atoms with Gasteiger partial charge in [-0.15, -0.1) is 0 Å². The molecule has 0 amide bonds. The zero-order chi connectivity index (χ0) is 12.8. The number of rotatable bonds is 6. The molecule has 0 heterocycles. The lowest BCUT2D eigenvalue weighted by molar-refractivity contribution is 0.473. The Morgan fingerprint density at radius 3 is 2.41 bits per heavy atom. The molecule has 1 atom stereocenters. The minimum absolute atomic E-state index is 0.498. The van der Waals surface area contributed by atoms with Crippen LogP contribution in [0.2, 0.25) is 0 Å². The van der Waals surface area contributed by atoms with E-state index in [9.17, 15) is 0 Å². The van der Waals surface area contributed by atoms with E-state index in [1.807, 2.05) is 0 Å². The summed E-state index contributed by atoms with van der Waals surface area (Å²) in [5, 5.41) is 7.00. The van der Waals surface area contributed by atoms with Gasteiger partial charge >= 0.3 is 0 Å². The molecule has 17 heavy (non-hydrogen) atoms.